The van der Waals surface area contributed by atoms with Gasteiger partial charge < -0.3 is 10.1 Å². The molecule has 1 atom stereocenters. The normalized spacial score (nSPS) is 12.6. The van der Waals surface area contributed by atoms with Crippen LogP contribution in [0, 0.1) is 0 Å². The van der Waals surface area contributed by atoms with Gasteiger partial charge in [0.25, 0.3) is 0 Å². The van der Waals surface area contributed by atoms with Crippen LogP contribution in [-0.2, 0) is 9.53 Å². The summed E-state index contributed by atoms with van der Waals surface area (Å²) >= 11 is 3.82. The van der Waals surface area contributed by atoms with E-state index in [-0.39, 0.29) is 17.8 Å². The van der Waals surface area contributed by atoms with E-state index in [0.29, 0.717) is 13.2 Å². The number of ether oxygens (including phenoxy) is 1. The third kappa shape index (κ3) is 6.19. The molecule has 0 spiro atoms. The lowest BCUT2D eigenvalue weighted by Gasteiger charge is -2.11. The molecule has 0 heterocycles. The minimum Gasteiger partial charge on any atom is -0.377 e. The summed E-state index contributed by atoms with van der Waals surface area (Å²) in [6.07, 6.45) is 0.0869. The predicted molar refractivity (Wildman–Crippen MR) is 48.0 cm³/mol. The summed E-state index contributed by atoms with van der Waals surface area (Å²) in [4.78, 5) is 10.7. The molecule has 3 nitrogen and oxygen atoms in total. The molecular weight excluding hydrogens is 162 g/mol. The van der Waals surface area contributed by atoms with Crippen LogP contribution in [0.3, 0.4) is 0 Å². The number of thiol groups is 1. The molecule has 66 valence electrons. The van der Waals surface area contributed by atoms with Crippen molar-refractivity contribution < 1.29 is 9.53 Å². The van der Waals surface area contributed by atoms with Crippen molar-refractivity contribution in [2.24, 2.45) is 0 Å². The van der Waals surface area contributed by atoms with E-state index in [1.54, 1.807) is 0 Å². The zero-order valence-corrected chi connectivity index (χ0v) is 7.86. The highest BCUT2D eigenvalue weighted by Gasteiger charge is 2.02. The summed E-state index contributed by atoms with van der Waals surface area (Å²) < 4.78 is 5.20. The van der Waals surface area contributed by atoms with Crippen LogP contribution >= 0.6 is 12.6 Å². The Balaban J connectivity index is 3.29. The van der Waals surface area contributed by atoms with E-state index < -0.39 is 0 Å². The molecule has 1 unspecified atom stereocenters. The molecule has 0 saturated carbocycles. The van der Waals surface area contributed by atoms with E-state index in [2.05, 4.69) is 17.9 Å². The second-order valence-electron chi connectivity index (χ2n) is 2.23. The zero-order chi connectivity index (χ0) is 8.69. The maximum Gasteiger partial charge on any atom is 0.229 e. The Bertz CT molecular complexity index is 119. The van der Waals surface area contributed by atoms with E-state index in [1.165, 1.54) is 0 Å². The number of amides is 1. The fourth-order valence-electron chi connectivity index (χ4n) is 0.657. The molecule has 1 N–H and O–H groups in total. The highest BCUT2D eigenvalue weighted by atomic mass is 32.1. The van der Waals surface area contributed by atoms with Gasteiger partial charge in [0.1, 0.15) is 0 Å². The summed E-state index contributed by atoms with van der Waals surface area (Å²) in [7, 11) is 0. The molecule has 0 aromatic heterocycles. The summed E-state index contributed by atoms with van der Waals surface area (Å²) in [5, 5.41) is 2.68. The van der Waals surface area contributed by atoms with Crippen LogP contribution in [0.2, 0.25) is 0 Å². The fraction of sp³-hybridized carbons (Fsp3) is 0.857. The average molecular weight is 177 g/mol. The van der Waals surface area contributed by atoms with Gasteiger partial charge >= 0.3 is 0 Å². The van der Waals surface area contributed by atoms with E-state index in [4.69, 9.17) is 4.74 Å². The van der Waals surface area contributed by atoms with Gasteiger partial charge in [-0.25, -0.2) is 0 Å². The van der Waals surface area contributed by atoms with Crippen molar-refractivity contribution in [1.82, 2.24) is 5.32 Å². The van der Waals surface area contributed by atoms with Crippen molar-refractivity contribution in [1.29, 1.82) is 0 Å². The van der Waals surface area contributed by atoms with Crippen LogP contribution in [0.5, 0.6) is 0 Å². The number of hydrogen-bond acceptors (Lipinski definition) is 3. The first-order valence-corrected chi connectivity index (χ1v) is 4.33. The van der Waals surface area contributed by atoms with Gasteiger partial charge in [0.15, 0.2) is 0 Å². The van der Waals surface area contributed by atoms with E-state index in [0.717, 1.165) is 0 Å². The minimum atomic E-state index is -0.0557. The Labute approximate surface area is 72.9 Å². The molecular formula is C7H15NO2S. The molecule has 0 aromatic rings. The van der Waals surface area contributed by atoms with Crippen molar-refractivity contribution in [2.75, 3.05) is 18.9 Å². The lowest BCUT2D eigenvalue weighted by atomic mass is 10.4. The van der Waals surface area contributed by atoms with Gasteiger partial charge in [0, 0.05) is 13.2 Å². The van der Waals surface area contributed by atoms with Gasteiger partial charge in [0.2, 0.25) is 5.91 Å². The number of carbonyl (C=O) groups is 1. The number of hydrogen-bond donors (Lipinski definition) is 2. The molecule has 0 aliphatic heterocycles. The molecule has 4 heteroatoms. The molecule has 0 radical (unpaired) electrons. The van der Waals surface area contributed by atoms with Crippen molar-refractivity contribution in [3.63, 3.8) is 0 Å². The van der Waals surface area contributed by atoms with Crippen LogP contribution in [0.25, 0.3) is 0 Å². The van der Waals surface area contributed by atoms with E-state index in [1.807, 2.05) is 13.8 Å². The van der Waals surface area contributed by atoms with E-state index in [9.17, 15) is 4.79 Å². The molecule has 0 aromatic carbocycles. The van der Waals surface area contributed by atoms with Crippen LogP contribution in [0.1, 0.15) is 13.8 Å². The molecule has 0 saturated heterocycles. The molecule has 0 aliphatic rings. The van der Waals surface area contributed by atoms with Gasteiger partial charge in [-0.2, -0.15) is 12.6 Å². The first-order valence-electron chi connectivity index (χ1n) is 3.69. The monoisotopic (exact) mass is 177 g/mol. The Morgan fingerprint density at radius 2 is 2.36 bits per heavy atom. The van der Waals surface area contributed by atoms with Crippen molar-refractivity contribution in [2.45, 2.75) is 20.0 Å². The van der Waals surface area contributed by atoms with E-state index >= 15 is 0 Å². The Morgan fingerprint density at radius 1 is 1.73 bits per heavy atom. The Morgan fingerprint density at radius 3 is 2.82 bits per heavy atom. The highest BCUT2D eigenvalue weighted by Crippen LogP contribution is 1.87. The van der Waals surface area contributed by atoms with Gasteiger partial charge in [-0.15, -0.1) is 0 Å². The largest absolute Gasteiger partial charge is 0.377 e. The summed E-state index contributed by atoms with van der Waals surface area (Å²) in [6, 6.07) is 0. The van der Waals surface area contributed by atoms with Crippen LogP contribution in [-0.4, -0.2) is 30.9 Å². The number of rotatable bonds is 5. The second kappa shape index (κ2) is 6.49. The molecule has 0 bridgehead atoms. The number of carbonyl (C=O) groups excluding carboxylic acids is 1. The predicted octanol–water partition coefficient (Wildman–Crippen LogP) is 0.457. The summed E-state index contributed by atoms with van der Waals surface area (Å²) in [5.74, 6) is 0.179. The topological polar surface area (TPSA) is 38.3 Å². The SMILES string of the molecule is CCOC(C)CNC(=O)CS. The first kappa shape index (κ1) is 10.8. The summed E-state index contributed by atoms with van der Waals surface area (Å²) in [5.41, 5.74) is 0. The van der Waals surface area contributed by atoms with Crippen LogP contribution in [0.15, 0.2) is 0 Å². The average Bonchev–Trinajstić information content (AvgIpc) is 2.01. The van der Waals surface area contributed by atoms with Gasteiger partial charge in [-0.05, 0) is 13.8 Å². The Hall–Kier alpha value is -0.220. The lowest BCUT2D eigenvalue weighted by molar-refractivity contribution is -0.119. The molecule has 1 amide bonds. The molecule has 0 fully saturated rings. The van der Waals surface area contributed by atoms with Gasteiger partial charge in [-0.3, -0.25) is 4.79 Å². The standard InChI is InChI=1S/C7H15NO2S/c1-3-10-6(2)4-8-7(9)5-11/h6,11H,3-5H2,1-2H3,(H,8,9). The summed E-state index contributed by atoms with van der Waals surface area (Å²) in [6.45, 7) is 5.09. The maximum atomic E-state index is 10.7. The third-order valence-electron chi connectivity index (χ3n) is 1.18. The minimum absolute atomic E-state index is 0.0557. The molecule has 11 heavy (non-hydrogen) atoms. The van der Waals surface area contributed by atoms with Crippen molar-refractivity contribution in [3.8, 4) is 0 Å². The molecule has 0 rings (SSSR count). The van der Waals surface area contributed by atoms with Gasteiger partial charge in [0.05, 0.1) is 11.9 Å². The van der Waals surface area contributed by atoms with Crippen LogP contribution < -0.4 is 5.32 Å². The van der Waals surface area contributed by atoms with Crippen molar-refractivity contribution in [3.05, 3.63) is 0 Å². The lowest BCUT2D eigenvalue weighted by Crippen LogP contribution is -2.32. The van der Waals surface area contributed by atoms with Crippen molar-refractivity contribution >= 4 is 18.5 Å². The van der Waals surface area contributed by atoms with Gasteiger partial charge in [-0.1, -0.05) is 0 Å². The second-order valence-corrected chi connectivity index (χ2v) is 2.54. The van der Waals surface area contributed by atoms with Crippen LogP contribution in [0.4, 0.5) is 0 Å². The third-order valence-corrected chi connectivity index (χ3v) is 1.47. The smallest absolute Gasteiger partial charge is 0.229 e. The first-order chi connectivity index (χ1) is 5.20. The Kier molecular flexibility index (Phi) is 6.36. The maximum absolute atomic E-state index is 10.7. The molecule has 0 aliphatic carbocycles. The number of nitrogens with one attached hydrogen (secondary N) is 1. The quantitative estimate of drug-likeness (QED) is 0.599. The fourth-order valence-corrected chi connectivity index (χ4v) is 0.769. The zero-order valence-electron chi connectivity index (χ0n) is 6.96. The highest BCUT2D eigenvalue weighted by molar-refractivity contribution is 7.81.